The Morgan fingerprint density at radius 3 is 2.35 bits per heavy atom. The number of rotatable bonds is 7. The number of halogens is 1. The van der Waals surface area contributed by atoms with Crippen LogP contribution in [0.3, 0.4) is 0 Å². The van der Waals surface area contributed by atoms with Crippen molar-refractivity contribution in [3.05, 3.63) is 114 Å². The maximum atomic E-state index is 13.5. The molecule has 2 N–H and O–H groups in total. The number of carbonyl (C=O) groups is 1. The summed E-state index contributed by atoms with van der Waals surface area (Å²) < 4.78 is 47.2. The first-order chi connectivity index (χ1) is 17.8. The average Bonchev–Trinajstić information content (AvgIpc) is 3.30. The van der Waals surface area contributed by atoms with Gasteiger partial charge < -0.3 is 10.1 Å². The summed E-state index contributed by atoms with van der Waals surface area (Å²) in [7, 11) is -2.10. The van der Waals surface area contributed by atoms with E-state index in [2.05, 4.69) is 10.0 Å². The predicted octanol–water partition coefficient (Wildman–Crippen LogP) is 5.20. The van der Waals surface area contributed by atoms with Gasteiger partial charge in [-0.15, -0.1) is 0 Å². The molecule has 0 saturated carbocycles. The second-order valence-corrected chi connectivity index (χ2v) is 10.6. The van der Waals surface area contributed by atoms with Crippen molar-refractivity contribution >= 4 is 21.6 Å². The lowest BCUT2D eigenvalue weighted by Gasteiger charge is -2.15. The Morgan fingerprint density at radius 1 is 0.892 bits per heavy atom. The molecule has 0 aliphatic heterocycles. The zero-order valence-corrected chi connectivity index (χ0v) is 20.9. The molecule has 0 radical (unpaired) electrons. The highest BCUT2D eigenvalue weighted by Crippen LogP contribution is 2.34. The van der Waals surface area contributed by atoms with Crippen molar-refractivity contribution in [1.82, 2.24) is 4.72 Å². The Balaban J connectivity index is 1.35. The zero-order chi connectivity index (χ0) is 26.0. The number of methoxy groups -OCH3 is 1. The highest BCUT2D eigenvalue weighted by molar-refractivity contribution is 7.89. The summed E-state index contributed by atoms with van der Waals surface area (Å²) in [6.45, 7) is 0. The van der Waals surface area contributed by atoms with Crippen molar-refractivity contribution in [2.45, 2.75) is 23.8 Å². The van der Waals surface area contributed by atoms with Crippen LogP contribution in [0.5, 0.6) is 5.75 Å². The van der Waals surface area contributed by atoms with Crippen LogP contribution in [0.25, 0.3) is 11.1 Å². The Hall–Kier alpha value is -4.01. The van der Waals surface area contributed by atoms with Crippen LogP contribution in [0.1, 0.15) is 21.5 Å². The molecule has 0 bridgehead atoms. The predicted molar refractivity (Wildman–Crippen MR) is 141 cm³/mol. The van der Waals surface area contributed by atoms with Crippen LogP contribution in [0.4, 0.5) is 10.1 Å². The van der Waals surface area contributed by atoms with Crippen molar-refractivity contribution in [3.8, 4) is 16.9 Å². The molecule has 0 fully saturated rings. The molecule has 6 nitrogen and oxygen atoms in total. The first kappa shape index (κ1) is 24.7. The standard InChI is InChI=1S/C29H25FN2O4S/c1-36-27-9-5-8-26(28(27)19-10-13-22(30)14-11-19)29(33)31-23-15-12-20-16-24(18-21(20)17-23)32-37(34,35)25-6-3-2-4-7-25/h2-15,17,24,32H,16,18H2,1H3,(H,31,33). The number of hydrogen-bond donors (Lipinski definition) is 2. The van der Waals surface area contributed by atoms with E-state index in [0.29, 0.717) is 41.0 Å². The summed E-state index contributed by atoms with van der Waals surface area (Å²) in [6, 6.07) is 24.7. The summed E-state index contributed by atoms with van der Waals surface area (Å²) in [5.74, 6) is -0.202. The largest absolute Gasteiger partial charge is 0.496 e. The van der Waals surface area contributed by atoms with E-state index >= 15 is 0 Å². The number of ether oxygens (including phenoxy) is 1. The lowest BCUT2D eigenvalue weighted by atomic mass is 9.97. The number of sulfonamides is 1. The number of nitrogens with one attached hydrogen (secondary N) is 2. The van der Waals surface area contributed by atoms with E-state index in [1.165, 1.54) is 19.2 Å². The summed E-state index contributed by atoms with van der Waals surface area (Å²) in [4.78, 5) is 13.6. The van der Waals surface area contributed by atoms with Gasteiger partial charge in [-0.3, -0.25) is 4.79 Å². The van der Waals surface area contributed by atoms with Crippen LogP contribution in [0.15, 0.2) is 95.9 Å². The van der Waals surface area contributed by atoms with Crippen LogP contribution >= 0.6 is 0 Å². The molecule has 0 aromatic heterocycles. The first-order valence-corrected chi connectivity index (χ1v) is 13.3. The SMILES string of the molecule is COc1cccc(C(=O)Nc2ccc3c(c2)CC(NS(=O)(=O)c2ccccc2)C3)c1-c1ccc(F)cc1. The van der Waals surface area contributed by atoms with Gasteiger partial charge in [0.25, 0.3) is 5.91 Å². The van der Waals surface area contributed by atoms with Gasteiger partial charge >= 0.3 is 0 Å². The average molecular weight is 517 g/mol. The van der Waals surface area contributed by atoms with Crippen molar-refractivity contribution in [2.24, 2.45) is 0 Å². The van der Waals surface area contributed by atoms with Crippen LogP contribution in [0, 0.1) is 5.82 Å². The molecule has 1 aliphatic rings. The van der Waals surface area contributed by atoms with Crippen molar-refractivity contribution in [1.29, 1.82) is 0 Å². The van der Waals surface area contributed by atoms with Gasteiger partial charge in [0.15, 0.2) is 0 Å². The second kappa shape index (κ2) is 10.2. The molecule has 1 aliphatic carbocycles. The number of benzene rings is 4. The Morgan fingerprint density at radius 2 is 1.62 bits per heavy atom. The summed E-state index contributed by atoms with van der Waals surface area (Å²) >= 11 is 0. The van der Waals surface area contributed by atoms with Crippen LogP contribution in [-0.2, 0) is 22.9 Å². The van der Waals surface area contributed by atoms with Gasteiger partial charge in [-0.25, -0.2) is 17.5 Å². The number of amides is 1. The Bertz CT molecular complexity index is 1560. The van der Waals surface area contributed by atoms with Gasteiger partial charge in [-0.05, 0) is 78.1 Å². The fourth-order valence-corrected chi connectivity index (χ4v) is 5.93. The molecule has 188 valence electrons. The van der Waals surface area contributed by atoms with Crippen LogP contribution < -0.4 is 14.8 Å². The lowest BCUT2D eigenvalue weighted by molar-refractivity contribution is 0.102. The molecule has 8 heteroatoms. The lowest BCUT2D eigenvalue weighted by Crippen LogP contribution is -2.35. The minimum Gasteiger partial charge on any atom is -0.496 e. The number of anilines is 1. The van der Waals surface area contributed by atoms with Crippen molar-refractivity contribution in [3.63, 3.8) is 0 Å². The molecule has 0 saturated heterocycles. The normalized spacial score (nSPS) is 14.7. The van der Waals surface area contributed by atoms with E-state index in [0.717, 1.165) is 11.1 Å². The topological polar surface area (TPSA) is 84.5 Å². The molecule has 1 atom stereocenters. The molecular weight excluding hydrogens is 491 g/mol. The third-order valence-electron chi connectivity index (χ3n) is 6.40. The fourth-order valence-electron chi connectivity index (χ4n) is 4.67. The Kier molecular flexibility index (Phi) is 6.78. The fraction of sp³-hybridized carbons (Fsp3) is 0.138. The van der Waals surface area contributed by atoms with Crippen molar-refractivity contribution in [2.75, 3.05) is 12.4 Å². The van der Waals surface area contributed by atoms with E-state index in [-0.39, 0.29) is 22.7 Å². The quantitative estimate of drug-likeness (QED) is 0.354. The summed E-state index contributed by atoms with van der Waals surface area (Å²) in [6.07, 6.45) is 1.09. The second-order valence-electron chi connectivity index (χ2n) is 8.87. The molecule has 4 aromatic rings. The van der Waals surface area contributed by atoms with E-state index in [4.69, 9.17) is 4.74 Å². The van der Waals surface area contributed by atoms with E-state index in [1.807, 2.05) is 18.2 Å². The molecular formula is C29H25FN2O4S. The maximum Gasteiger partial charge on any atom is 0.256 e. The van der Waals surface area contributed by atoms with Gasteiger partial charge in [0, 0.05) is 17.3 Å². The molecule has 0 heterocycles. The van der Waals surface area contributed by atoms with Crippen LogP contribution in [0.2, 0.25) is 0 Å². The van der Waals surface area contributed by atoms with E-state index < -0.39 is 10.0 Å². The minimum absolute atomic E-state index is 0.231. The molecule has 1 unspecified atom stereocenters. The van der Waals surface area contributed by atoms with E-state index in [9.17, 15) is 17.6 Å². The van der Waals surface area contributed by atoms with Gasteiger partial charge in [-0.1, -0.05) is 42.5 Å². The first-order valence-electron chi connectivity index (χ1n) is 11.8. The highest BCUT2D eigenvalue weighted by Gasteiger charge is 2.27. The van der Waals surface area contributed by atoms with Gasteiger partial charge in [0.2, 0.25) is 10.0 Å². The molecule has 0 spiro atoms. The molecule has 37 heavy (non-hydrogen) atoms. The maximum absolute atomic E-state index is 13.5. The molecule has 5 rings (SSSR count). The zero-order valence-electron chi connectivity index (χ0n) is 20.1. The summed E-state index contributed by atoms with van der Waals surface area (Å²) in [5, 5.41) is 2.94. The monoisotopic (exact) mass is 516 g/mol. The minimum atomic E-state index is -3.62. The van der Waals surface area contributed by atoms with E-state index in [1.54, 1.807) is 60.7 Å². The molecule has 1 amide bonds. The van der Waals surface area contributed by atoms with Crippen LogP contribution in [-0.4, -0.2) is 27.5 Å². The van der Waals surface area contributed by atoms with Gasteiger partial charge in [0.05, 0.1) is 17.6 Å². The highest BCUT2D eigenvalue weighted by atomic mass is 32.2. The number of carbonyl (C=O) groups excluding carboxylic acids is 1. The third kappa shape index (κ3) is 5.26. The van der Waals surface area contributed by atoms with Crippen molar-refractivity contribution < 1.29 is 22.3 Å². The number of fused-ring (bicyclic) bond motifs is 1. The molecule has 4 aromatic carbocycles. The third-order valence-corrected chi connectivity index (χ3v) is 7.93. The van der Waals surface area contributed by atoms with Gasteiger partial charge in [0.1, 0.15) is 11.6 Å². The smallest absolute Gasteiger partial charge is 0.256 e. The van der Waals surface area contributed by atoms with Gasteiger partial charge in [-0.2, -0.15) is 0 Å². The number of hydrogen-bond acceptors (Lipinski definition) is 4. The summed E-state index contributed by atoms with van der Waals surface area (Å²) in [5.41, 5.74) is 4.23. The Labute approximate surface area is 215 Å².